The number of rotatable bonds is 5. The van der Waals surface area contributed by atoms with Gasteiger partial charge in [0.1, 0.15) is 40.7 Å². The monoisotopic (exact) mass is 649 g/mol. The van der Waals surface area contributed by atoms with Crippen LogP contribution in [0.4, 0.5) is 10.5 Å². The van der Waals surface area contributed by atoms with Crippen LogP contribution in [0.25, 0.3) is 0 Å². The first kappa shape index (κ1) is 34.7. The lowest BCUT2D eigenvalue weighted by atomic mass is 9.83. The number of amides is 2. The Labute approximate surface area is 269 Å². The maximum absolute atomic E-state index is 13.8. The Morgan fingerprint density at radius 3 is 2.64 bits per heavy atom. The predicted molar refractivity (Wildman–Crippen MR) is 167 cm³/mol. The third-order valence-corrected chi connectivity index (χ3v) is 9.38. The maximum Gasteiger partial charge on any atom is 0.409 e. The number of halogens is 1. The number of esters is 1. The van der Waals surface area contributed by atoms with E-state index >= 15 is 0 Å². The first-order valence-corrected chi connectivity index (χ1v) is 15.3. The van der Waals surface area contributed by atoms with Crippen molar-refractivity contribution in [3.8, 4) is 5.75 Å². The summed E-state index contributed by atoms with van der Waals surface area (Å²) in [6.07, 6.45) is 1.52. The van der Waals surface area contributed by atoms with Gasteiger partial charge in [-0.15, -0.1) is 0 Å². The number of hydrogen-bond donors (Lipinski definition) is 3. The minimum atomic E-state index is -1.78. The van der Waals surface area contributed by atoms with Crippen LogP contribution >= 0.6 is 11.6 Å². The molecule has 3 aliphatic heterocycles. The number of carbonyl (C=O) groups is 3. The topological polar surface area (TPSA) is 148 Å². The minimum Gasteiger partial charge on any atom is -0.495 e. The van der Waals surface area contributed by atoms with Gasteiger partial charge in [-0.05, 0) is 51.9 Å². The maximum atomic E-state index is 13.8. The van der Waals surface area contributed by atoms with E-state index in [0.717, 1.165) is 11.1 Å². The quantitative estimate of drug-likeness (QED) is 0.321. The van der Waals surface area contributed by atoms with Gasteiger partial charge < -0.3 is 39.0 Å². The fourth-order valence-corrected chi connectivity index (χ4v) is 6.28. The van der Waals surface area contributed by atoms with E-state index in [1.165, 1.54) is 19.1 Å². The summed E-state index contributed by atoms with van der Waals surface area (Å²) in [4.78, 5) is 40.9. The molecular formula is C32H44ClN3O9. The molecule has 0 aliphatic carbocycles. The van der Waals surface area contributed by atoms with Gasteiger partial charge in [-0.1, -0.05) is 42.3 Å². The Morgan fingerprint density at radius 1 is 1.29 bits per heavy atom. The molecule has 4 bridgehead atoms. The van der Waals surface area contributed by atoms with Crippen molar-refractivity contribution in [1.82, 2.24) is 10.6 Å². The molecule has 1 aromatic carbocycles. The summed E-state index contributed by atoms with van der Waals surface area (Å²) in [6, 6.07) is 2.99. The molecule has 0 saturated carbocycles. The van der Waals surface area contributed by atoms with Crippen molar-refractivity contribution in [2.75, 3.05) is 33.2 Å². The standard InChI is InChI=1S/C32H44ClN3O9/c1-17-10-9-11-24(42-8)32(40)16-23(43-30(39)35-32)18(2)28-31(4,45-28)25(44-29(38)19(3)34-5)15-26(37)36(6)21-13-20(12-17)14-22(41-7)27(21)33/h9-11,13-14,18-19,23-25,28,34,40H,12,15-16H2,1-8H3,(H,35,39)/t18?,19?,23-,24+,25-,28?,31-,32-/m0/s1. The number of nitrogens with zero attached hydrogens (tertiary/aromatic N) is 1. The van der Waals surface area contributed by atoms with Crippen LogP contribution in [0.15, 0.2) is 35.9 Å². The van der Waals surface area contributed by atoms with E-state index in [2.05, 4.69) is 10.6 Å². The van der Waals surface area contributed by atoms with Crippen molar-refractivity contribution < 1.29 is 43.2 Å². The number of benzene rings is 1. The highest BCUT2D eigenvalue weighted by molar-refractivity contribution is 6.35. The molecular weight excluding hydrogens is 606 g/mol. The zero-order chi connectivity index (χ0) is 33.3. The van der Waals surface area contributed by atoms with E-state index in [1.807, 2.05) is 26.0 Å². The van der Waals surface area contributed by atoms with Crippen LogP contribution in [0.1, 0.15) is 46.1 Å². The number of methoxy groups -OCH3 is 2. The van der Waals surface area contributed by atoms with E-state index in [1.54, 1.807) is 46.2 Å². The molecule has 3 aliphatic rings. The fourth-order valence-electron chi connectivity index (χ4n) is 5.97. The third kappa shape index (κ3) is 7.30. The molecule has 0 aromatic heterocycles. The first-order valence-electron chi connectivity index (χ1n) is 14.9. The van der Waals surface area contributed by atoms with Crippen molar-refractivity contribution >= 4 is 35.3 Å². The molecule has 4 rings (SSSR count). The number of likely N-dealkylation sites (N-methyl/N-ethyl adjacent to an activating group) is 1. The number of allylic oxidation sites excluding steroid dienone is 3. The molecule has 1 aromatic rings. The number of epoxide rings is 1. The molecule has 3 unspecified atom stereocenters. The Morgan fingerprint density at radius 2 is 2.00 bits per heavy atom. The highest BCUT2D eigenvalue weighted by atomic mass is 35.5. The van der Waals surface area contributed by atoms with Gasteiger partial charge in [0.25, 0.3) is 0 Å². The van der Waals surface area contributed by atoms with Crippen LogP contribution < -0.4 is 20.3 Å². The van der Waals surface area contributed by atoms with Gasteiger partial charge in [-0.25, -0.2) is 4.79 Å². The second-order valence-corrected chi connectivity index (χ2v) is 12.6. The Kier molecular flexibility index (Phi) is 10.6. The Bertz CT molecular complexity index is 1370. The van der Waals surface area contributed by atoms with Gasteiger partial charge in [0.15, 0.2) is 5.72 Å². The molecule has 3 heterocycles. The number of fused-ring (bicyclic) bond motifs is 5. The molecule has 2 fully saturated rings. The van der Waals surface area contributed by atoms with Gasteiger partial charge in [0.2, 0.25) is 5.91 Å². The normalized spacial score (nSPS) is 32.9. The van der Waals surface area contributed by atoms with E-state index in [9.17, 15) is 19.5 Å². The fraction of sp³-hybridized carbons (Fsp3) is 0.594. The largest absolute Gasteiger partial charge is 0.495 e. The van der Waals surface area contributed by atoms with Gasteiger partial charge in [0, 0.05) is 26.5 Å². The molecule has 12 nitrogen and oxygen atoms in total. The number of nitrogens with one attached hydrogen (secondary N) is 2. The summed E-state index contributed by atoms with van der Waals surface area (Å²) in [7, 11) is 6.18. The summed E-state index contributed by atoms with van der Waals surface area (Å²) in [5.74, 6) is -0.974. The lowest BCUT2D eigenvalue weighted by Crippen LogP contribution is -2.63. The molecule has 45 heavy (non-hydrogen) atoms. The zero-order valence-corrected chi connectivity index (χ0v) is 27.8. The van der Waals surface area contributed by atoms with E-state index in [-0.39, 0.29) is 23.8 Å². The zero-order valence-electron chi connectivity index (χ0n) is 27.0. The van der Waals surface area contributed by atoms with Crippen LogP contribution in [0, 0.1) is 5.92 Å². The summed E-state index contributed by atoms with van der Waals surface area (Å²) in [6.45, 7) is 7.17. The van der Waals surface area contributed by atoms with Crippen molar-refractivity contribution in [1.29, 1.82) is 0 Å². The number of anilines is 1. The van der Waals surface area contributed by atoms with Gasteiger partial charge >= 0.3 is 12.1 Å². The second-order valence-electron chi connectivity index (χ2n) is 12.2. The minimum absolute atomic E-state index is 0.00553. The average Bonchev–Trinajstić information content (AvgIpc) is 3.69. The summed E-state index contributed by atoms with van der Waals surface area (Å²) in [5.41, 5.74) is -0.646. The predicted octanol–water partition coefficient (Wildman–Crippen LogP) is 3.28. The van der Waals surface area contributed by atoms with Gasteiger partial charge in [0.05, 0.1) is 25.3 Å². The SMILES string of the molecule is CNC(C)C(=O)O[C@H]1CC(=O)N(C)c2cc(cc(OC)c2Cl)CC(C)=CC=C[C@@H](OC)[C@@]2(O)C[C@H](OC(=O)N2)C(C)C2O[C@]21C. The Hall–Kier alpha value is -3.16. The second kappa shape index (κ2) is 13.7. The third-order valence-electron chi connectivity index (χ3n) is 9.00. The number of hydrogen-bond acceptors (Lipinski definition) is 10. The molecule has 13 heteroatoms. The highest BCUT2D eigenvalue weighted by Crippen LogP contribution is 2.49. The smallest absolute Gasteiger partial charge is 0.409 e. The number of ether oxygens (including phenoxy) is 5. The lowest BCUT2D eigenvalue weighted by molar-refractivity contribution is -0.155. The Balaban J connectivity index is 1.80. The van der Waals surface area contributed by atoms with Crippen molar-refractivity contribution in [2.24, 2.45) is 5.92 Å². The molecule has 2 saturated heterocycles. The van der Waals surface area contributed by atoms with E-state index in [0.29, 0.717) is 17.9 Å². The summed E-state index contributed by atoms with van der Waals surface area (Å²) < 4.78 is 28.8. The van der Waals surface area contributed by atoms with E-state index in [4.69, 9.17) is 35.3 Å². The number of alkyl carbamates (subject to hydrolysis) is 1. The van der Waals surface area contributed by atoms with E-state index < -0.39 is 59.8 Å². The molecule has 8 atom stereocenters. The number of carbonyl (C=O) groups excluding carboxylic acids is 3. The molecule has 0 spiro atoms. The van der Waals surface area contributed by atoms with Crippen LogP contribution in [-0.2, 0) is 35.0 Å². The molecule has 2 amide bonds. The van der Waals surface area contributed by atoms with Crippen LogP contribution in [0.3, 0.4) is 0 Å². The molecule has 3 N–H and O–H groups in total. The van der Waals surface area contributed by atoms with Crippen LogP contribution in [-0.4, -0.2) is 93.2 Å². The van der Waals surface area contributed by atoms with Gasteiger partial charge in [-0.3, -0.25) is 14.9 Å². The van der Waals surface area contributed by atoms with Crippen molar-refractivity contribution in [3.05, 3.63) is 46.5 Å². The highest BCUT2D eigenvalue weighted by Gasteiger charge is 2.64. The molecule has 0 radical (unpaired) electrons. The van der Waals surface area contributed by atoms with Crippen molar-refractivity contribution in [2.45, 2.75) is 88.7 Å². The number of aliphatic hydroxyl groups is 1. The first-order chi connectivity index (χ1) is 21.2. The van der Waals surface area contributed by atoms with Crippen LogP contribution in [0.2, 0.25) is 5.02 Å². The summed E-state index contributed by atoms with van der Waals surface area (Å²) >= 11 is 6.69. The van der Waals surface area contributed by atoms with Crippen LogP contribution in [0.5, 0.6) is 5.75 Å². The van der Waals surface area contributed by atoms with Crippen molar-refractivity contribution in [3.63, 3.8) is 0 Å². The van der Waals surface area contributed by atoms with Gasteiger partial charge in [-0.2, -0.15) is 0 Å². The summed E-state index contributed by atoms with van der Waals surface area (Å²) in [5, 5.41) is 17.2. The average molecular weight is 650 g/mol. The lowest BCUT2D eigenvalue weighted by Gasteiger charge is -2.42. The molecule has 248 valence electrons.